The first-order chi connectivity index (χ1) is 8.70. The van der Waals surface area contributed by atoms with Crippen molar-refractivity contribution in [1.29, 1.82) is 0 Å². The summed E-state index contributed by atoms with van der Waals surface area (Å²) in [6, 6.07) is 6.77. The first-order valence-corrected chi connectivity index (χ1v) is 5.72. The molecule has 5 heteroatoms. The van der Waals surface area contributed by atoms with E-state index in [1.807, 2.05) is 0 Å². The Morgan fingerprint density at radius 1 is 1.33 bits per heavy atom. The van der Waals surface area contributed by atoms with Crippen molar-refractivity contribution in [3.05, 3.63) is 35.4 Å². The number of benzene rings is 1. The van der Waals surface area contributed by atoms with E-state index in [-0.39, 0.29) is 17.8 Å². The van der Waals surface area contributed by atoms with Gasteiger partial charge in [-0.3, -0.25) is 4.79 Å². The Morgan fingerprint density at radius 3 is 2.56 bits per heavy atom. The highest BCUT2D eigenvalue weighted by Gasteiger charge is 2.29. The lowest BCUT2D eigenvalue weighted by atomic mass is 10.1. The summed E-state index contributed by atoms with van der Waals surface area (Å²) in [6.45, 7) is 0. The predicted molar refractivity (Wildman–Crippen MR) is 66.2 cm³/mol. The molecule has 1 N–H and O–H groups in total. The number of methoxy groups -OCH3 is 1. The number of nitrogens with zero attached hydrogens (tertiary/aromatic N) is 1. The zero-order valence-corrected chi connectivity index (χ0v) is 10.1. The third kappa shape index (κ3) is 3.16. The number of carbonyl (C=O) groups excluding carboxylic acids is 2. The SMILES string of the molecule is COC(=O)c1ccc(C=NNC(=O)C2CC2)cc1. The second kappa shape index (κ2) is 5.44. The number of rotatable bonds is 4. The second-order valence-corrected chi connectivity index (χ2v) is 4.12. The minimum absolute atomic E-state index is 0.0302. The van der Waals surface area contributed by atoms with Crippen molar-refractivity contribution in [2.24, 2.45) is 11.0 Å². The minimum Gasteiger partial charge on any atom is -0.465 e. The number of nitrogens with one attached hydrogen (secondary N) is 1. The molecular formula is C13H14N2O3. The average molecular weight is 246 g/mol. The fourth-order valence-corrected chi connectivity index (χ4v) is 1.43. The van der Waals surface area contributed by atoms with E-state index in [9.17, 15) is 9.59 Å². The van der Waals surface area contributed by atoms with Crippen molar-refractivity contribution in [3.63, 3.8) is 0 Å². The van der Waals surface area contributed by atoms with Crippen LogP contribution in [-0.4, -0.2) is 25.2 Å². The molecule has 0 heterocycles. The van der Waals surface area contributed by atoms with Crippen molar-refractivity contribution >= 4 is 18.1 Å². The predicted octanol–water partition coefficient (Wildman–Crippen LogP) is 1.33. The van der Waals surface area contributed by atoms with Gasteiger partial charge in [-0.25, -0.2) is 10.2 Å². The number of esters is 1. The van der Waals surface area contributed by atoms with Crippen molar-refractivity contribution < 1.29 is 14.3 Å². The summed E-state index contributed by atoms with van der Waals surface area (Å²) in [5.41, 5.74) is 3.77. The van der Waals surface area contributed by atoms with Crippen LogP contribution >= 0.6 is 0 Å². The molecule has 5 nitrogen and oxygen atoms in total. The van der Waals surface area contributed by atoms with Crippen molar-refractivity contribution in [1.82, 2.24) is 5.43 Å². The van der Waals surface area contributed by atoms with E-state index < -0.39 is 0 Å². The smallest absolute Gasteiger partial charge is 0.337 e. The average Bonchev–Trinajstić information content (AvgIpc) is 3.23. The lowest BCUT2D eigenvalue weighted by molar-refractivity contribution is -0.122. The Hall–Kier alpha value is -2.17. The van der Waals surface area contributed by atoms with Gasteiger partial charge in [-0.2, -0.15) is 5.10 Å². The monoisotopic (exact) mass is 246 g/mol. The van der Waals surface area contributed by atoms with E-state index in [0.717, 1.165) is 18.4 Å². The number of hydrogen-bond acceptors (Lipinski definition) is 4. The first kappa shape index (κ1) is 12.3. The zero-order chi connectivity index (χ0) is 13.0. The summed E-state index contributed by atoms with van der Waals surface area (Å²) in [5.74, 6) is -0.262. The van der Waals surface area contributed by atoms with Crippen LogP contribution in [0.25, 0.3) is 0 Å². The molecule has 1 amide bonds. The molecule has 0 aliphatic heterocycles. The van der Waals surface area contributed by atoms with Gasteiger partial charge in [0.25, 0.3) is 0 Å². The number of hydrazone groups is 1. The van der Waals surface area contributed by atoms with Crippen molar-refractivity contribution in [3.8, 4) is 0 Å². The molecule has 1 aromatic carbocycles. The molecule has 1 fully saturated rings. The lowest BCUT2D eigenvalue weighted by Gasteiger charge is -1.99. The number of carbonyl (C=O) groups is 2. The Kier molecular flexibility index (Phi) is 3.72. The van der Waals surface area contributed by atoms with E-state index >= 15 is 0 Å². The maximum absolute atomic E-state index is 11.3. The van der Waals surface area contributed by atoms with Gasteiger partial charge >= 0.3 is 5.97 Å². The van der Waals surface area contributed by atoms with Gasteiger partial charge in [-0.15, -0.1) is 0 Å². The molecular weight excluding hydrogens is 232 g/mol. The van der Waals surface area contributed by atoms with Gasteiger partial charge in [-0.05, 0) is 30.5 Å². The van der Waals surface area contributed by atoms with Gasteiger partial charge in [0.2, 0.25) is 5.91 Å². The van der Waals surface area contributed by atoms with E-state index in [2.05, 4.69) is 15.3 Å². The molecule has 18 heavy (non-hydrogen) atoms. The van der Waals surface area contributed by atoms with Gasteiger partial charge in [0.05, 0.1) is 18.9 Å². The van der Waals surface area contributed by atoms with Gasteiger partial charge in [0, 0.05) is 5.92 Å². The summed E-state index contributed by atoms with van der Waals surface area (Å²) >= 11 is 0. The second-order valence-electron chi connectivity index (χ2n) is 4.12. The minimum atomic E-state index is -0.375. The molecule has 0 unspecified atom stereocenters. The van der Waals surface area contributed by atoms with Crippen LogP contribution in [0, 0.1) is 5.92 Å². The fraction of sp³-hybridized carbons (Fsp3) is 0.308. The van der Waals surface area contributed by atoms with Gasteiger partial charge < -0.3 is 4.74 Å². The molecule has 1 aliphatic rings. The van der Waals surface area contributed by atoms with Gasteiger partial charge in [0.15, 0.2) is 0 Å². The summed E-state index contributed by atoms with van der Waals surface area (Å²) in [6.07, 6.45) is 3.45. The lowest BCUT2D eigenvalue weighted by Crippen LogP contribution is -2.18. The molecule has 0 aromatic heterocycles. The fourth-order valence-electron chi connectivity index (χ4n) is 1.43. The quantitative estimate of drug-likeness (QED) is 0.495. The molecule has 1 aliphatic carbocycles. The van der Waals surface area contributed by atoms with Crippen LogP contribution in [0.5, 0.6) is 0 Å². The summed E-state index contributed by atoms with van der Waals surface area (Å²) < 4.78 is 4.59. The van der Waals surface area contributed by atoms with Crippen LogP contribution in [0.3, 0.4) is 0 Å². The zero-order valence-electron chi connectivity index (χ0n) is 10.1. The van der Waals surface area contributed by atoms with Crippen LogP contribution in [0.1, 0.15) is 28.8 Å². The summed E-state index contributed by atoms with van der Waals surface area (Å²) in [5, 5.41) is 3.86. The first-order valence-electron chi connectivity index (χ1n) is 5.72. The molecule has 0 bridgehead atoms. The van der Waals surface area contributed by atoms with E-state index in [4.69, 9.17) is 0 Å². The van der Waals surface area contributed by atoms with Gasteiger partial charge in [-0.1, -0.05) is 12.1 Å². The van der Waals surface area contributed by atoms with Crippen LogP contribution in [0.15, 0.2) is 29.4 Å². The third-order valence-corrected chi connectivity index (χ3v) is 2.67. The summed E-state index contributed by atoms with van der Waals surface area (Å²) in [4.78, 5) is 22.5. The Bertz CT molecular complexity index is 476. The Balaban J connectivity index is 1.91. The number of amides is 1. The Labute approximate surface area is 105 Å². The van der Waals surface area contributed by atoms with E-state index in [1.54, 1.807) is 30.5 Å². The Morgan fingerprint density at radius 2 is 2.00 bits per heavy atom. The molecule has 0 atom stereocenters. The maximum Gasteiger partial charge on any atom is 0.337 e. The molecule has 2 rings (SSSR count). The van der Waals surface area contributed by atoms with Crippen LogP contribution in [0.4, 0.5) is 0 Å². The van der Waals surface area contributed by atoms with Crippen molar-refractivity contribution in [2.45, 2.75) is 12.8 Å². The number of ether oxygens (including phenoxy) is 1. The van der Waals surface area contributed by atoms with Crippen LogP contribution in [0.2, 0.25) is 0 Å². The molecule has 1 saturated carbocycles. The number of hydrogen-bond donors (Lipinski definition) is 1. The van der Waals surface area contributed by atoms with E-state index in [1.165, 1.54) is 7.11 Å². The highest BCUT2D eigenvalue weighted by atomic mass is 16.5. The van der Waals surface area contributed by atoms with E-state index in [0.29, 0.717) is 5.56 Å². The molecule has 0 radical (unpaired) electrons. The third-order valence-electron chi connectivity index (χ3n) is 2.67. The topological polar surface area (TPSA) is 67.8 Å². The standard InChI is InChI=1S/C13H14N2O3/c1-18-13(17)11-4-2-9(3-5-11)8-14-15-12(16)10-6-7-10/h2-5,8,10H,6-7H2,1H3,(H,15,16). The molecule has 0 spiro atoms. The largest absolute Gasteiger partial charge is 0.465 e. The molecule has 94 valence electrons. The molecule has 0 saturated heterocycles. The van der Waals surface area contributed by atoms with Gasteiger partial charge in [0.1, 0.15) is 0 Å². The van der Waals surface area contributed by atoms with Crippen LogP contribution in [-0.2, 0) is 9.53 Å². The summed E-state index contributed by atoms with van der Waals surface area (Å²) in [7, 11) is 1.34. The normalized spacial score (nSPS) is 14.5. The highest BCUT2D eigenvalue weighted by Crippen LogP contribution is 2.28. The maximum atomic E-state index is 11.3. The highest BCUT2D eigenvalue weighted by molar-refractivity contribution is 5.91. The van der Waals surface area contributed by atoms with Crippen LogP contribution < -0.4 is 5.43 Å². The molecule has 1 aromatic rings. The van der Waals surface area contributed by atoms with Crippen molar-refractivity contribution in [2.75, 3.05) is 7.11 Å².